The van der Waals surface area contributed by atoms with Gasteiger partial charge in [-0.2, -0.15) is 5.26 Å². The van der Waals surface area contributed by atoms with Gasteiger partial charge in [0.05, 0.1) is 0 Å². The van der Waals surface area contributed by atoms with Crippen molar-refractivity contribution in [1.29, 1.82) is 5.26 Å². The Morgan fingerprint density at radius 2 is 1.67 bits per heavy atom. The number of carbonyl (C=O) groups is 2. The Balaban J connectivity index is 2.12. The van der Waals surface area contributed by atoms with E-state index in [1.165, 1.54) is 11.0 Å². The highest BCUT2D eigenvalue weighted by molar-refractivity contribution is 6.09. The molecule has 0 aliphatic heterocycles. The zero-order chi connectivity index (χ0) is 17.5. The van der Waals surface area contributed by atoms with Crippen LogP contribution in [0.4, 0.5) is 5.69 Å². The SMILES string of the molecule is CN(C)C(=O)c1ccc(NC(=O)/C(C#N)=C/c2ccccc2)cc1. The molecule has 0 heterocycles. The van der Waals surface area contributed by atoms with Crippen molar-refractivity contribution in [3.05, 3.63) is 71.3 Å². The molecule has 0 saturated heterocycles. The first-order valence-corrected chi connectivity index (χ1v) is 7.31. The predicted octanol–water partition coefficient (Wildman–Crippen LogP) is 2.93. The molecule has 0 radical (unpaired) electrons. The van der Waals surface area contributed by atoms with Crippen molar-refractivity contribution in [2.45, 2.75) is 0 Å². The van der Waals surface area contributed by atoms with Gasteiger partial charge in [-0.25, -0.2) is 0 Å². The van der Waals surface area contributed by atoms with Crippen LogP contribution in [0.2, 0.25) is 0 Å². The van der Waals surface area contributed by atoms with Crippen LogP contribution in [-0.2, 0) is 4.79 Å². The van der Waals surface area contributed by atoms with Crippen LogP contribution >= 0.6 is 0 Å². The van der Waals surface area contributed by atoms with Crippen LogP contribution in [0, 0.1) is 11.3 Å². The number of rotatable bonds is 4. The van der Waals surface area contributed by atoms with Gasteiger partial charge in [-0.05, 0) is 35.9 Å². The molecular formula is C19H17N3O2. The fourth-order valence-corrected chi connectivity index (χ4v) is 2.02. The molecule has 120 valence electrons. The van der Waals surface area contributed by atoms with Crippen molar-refractivity contribution in [2.75, 3.05) is 19.4 Å². The number of carbonyl (C=O) groups excluding carboxylic acids is 2. The van der Waals surface area contributed by atoms with Crippen LogP contribution in [0.5, 0.6) is 0 Å². The second kappa shape index (κ2) is 7.75. The van der Waals surface area contributed by atoms with Crippen molar-refractivity contribution in [3.8, 4) is 6.07 Å². The highest BCUT2D eigenvalue weighted by Crippen LogP contribution is 2.13. The average Bonchev–Trinajstić information content (AvgIpc) is 2.60. The topological polar surface area (TPSA) is 73.2 Å². The van der Waals surface area contributed by atoms with Gasteiger partial charge in [0, 0.05) is 25.3 Å². The van der Waals surface area contributed by atoms with Crippen LogP contribution in [0.3, 0.4) is 0 Å². The molecule has 5 heteroatoms. The number of nitriles is 1. The van der Waals surface area contributed by atoms with E-state index in [0.717, 1.165) is 5.56 Å². The maximum Gasteiger partial charge on any atom is 0.266 e. The lowest BCUT2D eigenvalue weighted by atomic mass is 10.1. The number of nitrogens with zero attached hydrogens (tertiary/aromatic N) is 2. The average molecular weight is 319 g/mol. The van der Waals surface area contributed by atoms with Crippen molar-refractivity contribution in [1.82, 2.24) is 4.90 Å². The van der Waals surface area contributed by atoms with Gasteiger partial charge in [0.1, 0.15) is 11.6 Å². The summed E-state index contributed by atoms with van der Waals surface area (Å²) in [6.45, 7) is 0. The second-order valence-corrected chi connectivity index (χ2v) is 5.31. The van der Waals surface area contributed by atoms with Crippen LogP contribution in [-0.4, -0.2) is 30.8 Å². The van der Waals surface area contributed by atoms with E-state index >= 15 is 0 Å². The van der Waals surface area contributed by atoms with Gasteiger partial charge < -0.3 is 10.2 Å². The van der Waals surface area contributed by atoms with Gasteiger partial charge in [0.2, 0.25) is 0 Å². The van der Waals surface area contributed by atoms with Crippen LogP contribution in [0.15, 0.2) is 60.2 Å². The molecule has 2 amide bonds. The third-order valence-electron chi connectivity index (χ3n) is 3.27. The third kappa shape index (κ3) is 4.31. The van der Waals surface area contributed by atoms with E-state index in [0.29, 0.717) is 11.3 Å². The Morgan fingerprint density at radius 1 is 1.04 bits per heavy atom. The summed E-state index contributed by atoms with van der Waals surface area (Å²) in [7, 11) is 3.34. The minimum atomic E-state index is -0.493. The first-order chi connectivity index (χ1) is 11.5. The minimum absolute atomic E-state index is 0.00893. The van der Waals surface area contributed by atoms with Crippen LogP contribution < -0.4 is 5.32 Å². The molecule has 0 bridgehead atoms. The van der Waals surface area contributed by atoms with Gasteiger partial charge in [-0.15, -0.1) is 0 Å². The number of nitrogens with one attached hydrogen (secondary N) is 1. The van der Waals surface area contributed by atoms with E-state index in [4.69, 9.17) is 0 Å². The summed E-state index contributed by atoms with van der Waals surface area (Å²) in [5.74, 6) is -0.609. The van der Waals surface area contributed by atoms with E-state index in [2.05, 4.69) is 5.32 Å². The zero-order valence-electron chi connectivity index (χ0n) is 13.5. The lowest BCUT2D eigenvalue weighted by Gasteiger charge is -2.10. The molecule has 0 aromatic heterocycles. The summed E-state index contributed by atoms with van der Waals surface area (Å²) in [6.07, 6.45) is 1.53. The second-order valence-electron chi connectivity index (χ2n) is 5.31. The van der Waals surface area contributed by atoms with Gasteiger partial charge >= 0.3 is 0 Å². The van der Waals surface area contributed by atoms with Gasteiger partial charge in [-0.3, -0.25) is 9.59 Å². The van der Waals surface area contributed by atoms with Crippen molar-refractivity contribution in [2.24, 2.45) is 0 Å². The predicted molar refractivity (Wildman–Crippen MR) is 93.1 cm³/mol. The number of hydrogen-bond acceptors (Lipinski definition) is 3. The molecule has 5 nitrogen and oxygen atoms in total. The number of benzene rings is 2. The Hall–Kier alpha value is -3.39. The lowest BCUT2D eigenvalue weighted by Crippen LogP contribution is -2.21. The molecule has 2 rings (SSSR count). The molecule has 1 N–H and O–H groups in total. The van der Waals surface area contributed by atoms with Crippen LogP contribution in [0.25, 0.3) is 6.08 Å². The highest BCUT2D eigenvalue weighted by atomic mass is 16.2. The van der Waals surface area contributed by atoms with Gasteiger partial charge in [-0.1, -0.05) is 30.3 Å². The number of anilines is 1. The minimum Gasteiger partial charge on any atom is -0.345 e. The summed E-state index contributed by atoms with van der Waals surface area (Å²) in [4.78, 5) is 25.5. The van der Waals surface area contributed by atoms with E-state index < -0.39 is 5.91 Å². The summed E-state index contributed by atoms with van der Waals surface area (Å²) < 4.78 is 0. The van der Waals surface area contributed by atoms with Gasteiger partial charge in [0.15, 0.2) is 0 Å². The van der Waals surface area contributed by atoms with E-state index in [1.807, 2.05) is 36.4 Å². The van der Waals surface area contributed by atoms with Gasteiger partial charge in [0.25, 0.3) is 11.8 Å². The molecule has 0 atom stereocenters. The smallest absolute Gasteiger partial charge is 0.266 e. The maximum atomic E-state index is 12.2. The summed E-state index contributed by atoms with van der Waals surface area (Å²) in [5, 5.41) is 11.8. The van der Waals surface area contributed by atoms with Crippen LogP contribution in [0.1, 0.15) is 15.9 Å². The molecule has 0 aliphatic carbocycles. The lowest BCUT2D eigenvalue weighted by molar-refractivity contribution is -0.112. The Kier molecular flexibility index (Phi) is 5.48. The molecule has 2 aromatic rings. The molecule has 0 saturated carbocycles. The largest absolute Gasteiger partial charge is 0.345 e. The molecular weight excluding hydrogens is 302 g/mol. The Labute approximate surface area is 140 Å². The Bertz CT molecular complexity index is 801. The number of amides is 2. The molecule has 24 heavy (non-hydrogen) atoms. The molecule has 0 fully saturated rings. The zero-order valence-corrected chi connectivity index (χ0v) is 13.5. The summed E-state index contributed by atoms with van der Waals surface area (Å²) in [5.41, 5.74) is 1.83. The van der Waals surface area contributed by atoms with Crippen molar-refractivity contribution >= 4 is 23.6 Å². The Morgan fingerprint density at radius 3 is 2.21 bits per heavy atom. The van der Waals surface area contributed by atoms with Crippen molar-refractivity contribution in [3.63, 3.8) is 0 Å². The molecule has 0 spiro atoms. The normalized spacial score (nSPS) is 10.6. The first kappa shape index (κ1) is 17.0. The number of hydrogen-bond donors (Lipinski definition) is 1. The molecule has 0 unspecified atom stereocenters. The fraction of sp³-hybridized carbons (Fsp3) is 0.105. The standard InChI is InChI=1S/C19H17N3O2/c1-22(2)19(24)15-8-10-17(11-9-15)21-18(23)16(13-20)12-14-6-4-3-5-7-14/h3-12H,1-2H3,(H,21,23)/b16-12+. The molecule has 2 aromatic carbocycles. The maximum absolute atomic E-state index is 12.2. The van der Waals surface area contributed by atoms with E-state index in [9.17, 15) is 14.9 Å². The highest BCUT2D eigenvalue weighted by Gasteiger charge is 2.11. The first-order valence-electron chi connectivity index (χ1n) is 7.31. The van der Waals surface area contributed by atoms with E-state index in [1.54, 1.807) is 38.4 Å². The summed E-state index contributed by atoms with van der Waals surface area (Å²) in [6, 6.07) is 17.6. The summed E-state index contributed by atoms with van der Waals surface area (Å²) >= 11 is 0. The molecule has 0 aliphatic rings. The van der Waals surface area contributed by atoms with Crippen molar-refractivity contribution < 1.29 is 9.59 Å². The quantitative estimate of drug-likeness (QED) is 0.695. The van der Waals surface area contributed by atoms with E-state index in [-0.39, 0.29) is 11.5 Å². The monoisotopic (exact) mass is 319 g/mol. The third-order valence-corrected chi connectivity index (χ3v) is 3.27. The fourth-order valence-electron chi connectivity index (χ4n) is 2.02.